The molecule has 1 aromatic rings. The zero-order chi connectivity index (χ0) is 10.4. The lowest BCUT2D eigenvalue weighted by molar-refractivity contribution is -0.118. The van der Waals surface area contributed by atoms with Gasteiger partial charge in [0.2, 0.25) is 5.91 Å². The molecule has 0 heterocycles. The number of amides is 1. The largest absolute Gasteiger partial charge is 0.353 e. The molecule has 1 aromatic carbocycles. The average Bonchev–Trinajstić information content (AvgIpc) is 2.12. The van der Waals surface area contributed by atoms with Gasteiger partial charge in [-0.25, -0.2) is 0 Å². The van der Waals surface area contributed by atoms with Crippen molar-refractivity contribution in [2.45, 2.75) is 6.92 Å². The van der Waals surface area contributed by atoms with E-state index >= 15 is 0 Å². The highest BCUT2D eigenvalue weighted by atomic mass is 127. The summed E-state index contributed by atoms with van der Waals surface area (Å²) in [6, 6.07) is 8.18. The lowest BCUT2D eigenvalue weighted by Crippen LogP contribution is -2.19. The van der Waals surface area contributed by atoms with E-state index in [1.807, 2.05) is 30.4 Å². The molecule has 0 saturated heterocycles. The average molecular weight is 301 g/mol. The first-order chi connectivity index (χ1) is 6.68. The Morgan fingerprint density at radius 2 is 2.36 bits per heavy atom. The van der Waals surface area contributed by atoms with Gasteiger partial charge in [-0.15, -0.1) is 0 Å². The fraction of sp³-hybridized carbons (Fsp3) is 0.182. The Kier molecular flexibility index (Phi) is 4.65. The summed E-state index contributed by atoms with van der Waals surface area (Å²) in [7, 11) is 0. The summed E-state index contributed by atoms with van der Waals surface area (Å²) >= 11 is 2.27. The Labute approximate surface area is 97.5 Å². The van der Waals surface area contributed by atoms with Crippen molar-refractivity contribution in [3.05, 3.63) is 39.5 Å². The van der Waals surface area contributed by atoms with E-state index in [1.165, 1.54) is 10.5 Å². The Morgan fingerprint density at radius 3 is 3.00 bits per heavy atom. The second-order valence-electron chi connectivity index (χ2n) is 2.89. The van der Waals surface area contributed by atoms with Gasteiger partial charge in [-0.05, 0) is 40.3 Å². The van der Waals surface area contributed by atoms with Gasteiger partial charge in [0.1, 0.15) is 0 Å². The molecule has 0 aromatic heterocycles. The summed E-state index contributed by atoms with van der Waals surface area (Å²) in [5, 5.41) is 2.70. The molecule has 0 aliphatic heterocycles. The van der Waals surface area contributed by atoms with Crippen LogP contribution in [0.2, 0.25) is 0 Å². The number of nitrogens with one attached hydrogen (secondary N) is 1. The molecule has 0 fully saturated rings. The minimum atomic E-state index is -0.00251. The van der Waals surface area contributed by atoms with Crippen LogP contribution >= 0.6 is 22.6 Å². The van der Waals surface area contributed by atoms with Crippen molar-refractivity contribution in [2.24, 2.45) is 0 Å². The van der Waals surface area contributed by atoms with Crippen LogP contribution in [0.3, 0.4) is 0 Å². The lowest BCUT2D eigenvalue weighted by atomic mass is 10.2. The van der Waals surface area contributed by atoms with Crippen LogP contribution in [-0.4, -0.2) is 12.5 Å². The van der Waals surface area contributed by atoms with E-state index < -0.39 is 0 Å². The van der Waals surface area contributed by atoms with Crippen molar-refractivity contribution in [2.75, 3.05) is 6.54 Å². The molecular weight excluding hydrogens is 289 g/mol. The first-order valence-electron chi connectivity index (χ1n) is 4.35. The van der Waals surface area contributed by atoms with Crippen LogP contribution in [0.4, 0.5) is 0 Å². The molecule has 0 saturated carbocycles. The lowest BCUT2D eigenvalue weighted by Gasteiger charge is -1.96. The predicted molar refractivity (Wildman–Crippen MR) is 66.9 cm³/mol. The smallest absolute Gasteiger partial charge is 0.217 e. The van der Waals surface area contributed by atoms with Crippen LogP contribution in [0, 0.1) is 3.57 Å². The molecule has 0 atom stereocenters. The zero-order valence-corrected chi connectivity index (χ0v) is 10.1. The number of hydrogen-bond donors (Lipinski definition) is 1. The van der Waals surface area contributed by atoms with Gasteiger partial charge in [0.15, 0.2) is 0 Å². The van der Waals surface area contributed by atoms with Gasteiger partial charge in [-0.2, -0.15) is 0 Å². The van der Waals surface area contributed by atoms with Crippen molar-refractivity contribution < 1.29 is 4.79 Å². The van der Waals surface area contributed by atoms with Gasteiger partial charge in [0.25, 0.3) is 0 Å². The van der Waals surface area contributed by atoms with E-state index in [0.29, 0.717) is 6.54 Å². The minimum Gasteiger partial charge on any atom is -0.353 e. The van der Waals surface area contributed by atoms with Gasteiger partial charge in [0.05, 0.1) is 0 Å². The number of halogens is 1. The minimum absolute atomic E-state index is 0.00251. The third-order valence-corrected chi connectivity index (χ3v) is 2.30. The summed E-state index contributed by atoms with van der Waals surface area (Å²) in [6.07, 6.45) is 3.94. The second-order valence-corrected chi connectivity index (χ2v) is 4.14. The van der Waals surface area contributed by atoms with Crippen molar-refractivity contribution in [1.29, 1.82) is 0 Å². The van der Waals surface area contributed by atoms with Crippen LogP contribution in [0.25, 0.3) is 6.08 Å². The molecule has 0 bridgehead atoms. The number of benzene rings is 1. The molecule has 0 spiro atoms. The molecule has 3 heteroatoms. The number of carbonyl (C=O) groups excluding carboxylic acids is 1. The molecule has 74 valence electrons. The number of carbonyl (C=O) groups is 1. The van der Waals surface area contributed by atoms with E-state index in [9.17, 15) is 4.79 Å². The van der Waals surface area contributed by atoms with Crippen molar-refractivity contribution in [1.82, 2.24) is 5.32 Å². The SMILES string of the molecule is CC(=O)NCC=Cc1cccc(I)c1. The fourth-order valence-electron chi connectivity index (χ4n) is 1.01. The summed E-state index contributed by atoms with van der Waals surface area (Å²) in [5.41, 5.74) is 1.15. The molecule has 0 radical (unpaired) electrons. The molecule has 2 nitrogen and oxygen atoms in total. The second kappa shape index (κ2) is 5.80. The van der Waals surface area contributed by atoms with E-state index in [1.54, 1.807) is 0 Å². The Bertz CT molecular complexity index is 347. The Balaban J connectivity index is 2.47. The first-order valence-corrected chi connectivity index (χ1v) is 5.43. The molecule has 0 unspecified atom stereocenters. The zero-order valence-electron chi connectivity index (χ0n) is 7.96. The van der Waals surface area contributed by atoms with Crippen LogP contribution in [0.1, 0.15) is 12.5 Å². The maximum Gasteiger partial charge on any atom is 0.217 e. The quantitative estimate of drug-likeness (QED) is 0.854. The Hall–Kier alpha value is -0.840. The normalized spacial score (nSPS) is 10.4. The molecule has 1 N–H and O–H groups in total. The highest BCUT2D eigenvalue weighted by Gasteiger charge is 1.88. The summed E-state index contributed by atoms with van der Waals surface area (Å²) in [5.74, 6) is -0.00251. The van der Waals surface area contributed by atoms with E-state index in [2.05, 4.69) is 34.0 Å². The predicted octanol–water partition coefficient (Wildman–Crippen LogP) is 2.44. The third-order valence-electron chi connectivity index (χ3n) is 1.63. The number of hydrogen-bond acceptors (Lipinski definition) is 1. The topological polar surface area (TPSA) is 29.1 Å². The molecular formula is C11H12INO. The van der Waals surface area contributed by atoms with Gasteiger partial charge >= 0.3 is 0 Å². The highest BCUT2D eigenvalue weighted by molar-refractivity contribution is 14.1. The van der Waals surface area contributed by atoms with E-state index in [4.69, 9.17) is 0 Å². The maximum atomic E-state index is 10.6. The van der Waals surface area contributed by atoms with Crippen LogP contribution < -0.4 is 5.32 Å². The van der Waals surface area contributed by atoms with Crippen LogP contribution in [0.5, 0.6) is 0 Å². The first kappa shape index (κ1) is 11.2. The van der Waals surface area contributed by atoms with E-state index in [-0.39, 0.29) is 5.91 Å². The summed E-state index contributed by atoms with van der Waals surface area (Å²) < 4.78 is 1.21. The molecule has 1 rings (SSSR count). The fourth-order valence-corrected chi connectivity index (χ4v) is 1.58. The monoisotopic (exact) mass is 301 g/mol. The molecule has 14 heavy (non-hydrogen) atoms. The number of rotatable bonds is 3. The van der Waals surface area contributed by atoms with Gasteiger partial charge < -0.3 is 5.32 Å². The van der Waals surface area contributed by atoms with Gasteiger partial charge in [0, 0.05) is 17.0 Å². The molecule has 1 amide bonds. The van der Waals surface area contributed by atoms with Crippen molar-refractivity contribution >= 4 is 34.6 Å². The van der Waals surface area contributed by atoms with Crippen molar-refractivity contribution in [3.63, 3.8) is 0 Å². The third kappa shape index (κ3) is 4.41. The van der Waals surface area contributed by atoms with Crippen LogP contribution in [-0.2, 0) is 4.79 Å². The molecule has 0 aliphatic rings. The van der Waals surface area contributed by atoms with Gasteiger partial charge in [-0.1, -0.05) is 24.3 Å². The van der Waals surface area contributed by atoms with Crippen molar-refractivity contribution in [3.8, 4) is 0 Å². The van der Waals surface area contributed by atoms with E-state index in [0.717, 1.165) is 5.56 Å². The summed E-state index contributed by atoms with van der Waals surface area (Å²) in [4.78, 5) is 10.6. The highest BCUT2D eigenvalue weighted by Crippen LogP contribution is 2.08. The maximum absolute atomic E-state index is 10.6. The molecule has 0 aliphatic carbocycles. The summed E-state index contributed by atoms with van der Waals surface area (Å²) in [6.45, 7) is 2.10. The van der Waals surface area contributed by atoms with Crippen LogP contribution in [0.15, 0.2) is 30.3 Å². The Morgan fingerprint density at radius 1 is 1.57 bits per heavy atom. The van der Waals surface area contributed by atoms with Gasteiger partial charge in [-0.3, -0.25) is 4.79 Å². The standard InChI is InChI=1S/C11H12INO/c1-9(14)13-7-3-5-10-4-2-6-11(12)8-10/h2-6,8H,7H2,1H3,(H,13,14).